The molecule has 0 atom stereocenters. The number of carbonyl (C=O) groups excluding carboxylic acids is 2. The Kier molecular flexibility index (Phi) is 7.22. The second-order valence-corrected chi connectivity index (χ2v) is 8.43. The minimum absolute atomic E-state index is 0.0478. The van der Waals surface area contributed by atoms with Gasteiger partial charge in [0.15, 0.2) is 0 Å². The Labute approximate surface area is 211 Å². The van der Waals surface area contributed by atoms with Crippen molar-refractivity contribution < 1.29 is 14.3 Å². The summed E-state index contributed by atoms with van der Waals surface area (Å²) in [6, 6.07) is 17.0. The molecular weight excluding hydrogens is 497 g/mol. The lowest BCUT2D eigenvalue weighted by atomic mass is 9.89. The molecule has 172 valence electrons. The molecule has 6 nitrogen and oxygen atoms in total. The molecule has 9 heteroatoms. The fourth-order valence-corrected chi connectivity index (χ4v) is 3.90. The maximum atomic E-state index is 13.3. The number of hydrogen-bond donors (Lipinski definition) is 2. The monoisotopic (exact) mass is 513 g/mol. The molecule has 0 bridgehead atoms. The van der Waals surface area contributed by atoms with Crippen LogP contribution in [0.25, 0.3) is 6.08 Å². The van der Waals surface area contributed by atoms with E-state index in [4.69, 9.17) is 39.5 Å². The molecular formula is C25H18Cl3N3O3. The van der Waals surface area contributed by atoms with Gasteiger partial charge in [0.2, 0.25) is 5.78 Å². The largest absolute Gasteiger partial charge is 0.494 e. The van der Waals surface area contributed by atoms with Crippen LogP contribution >= 0.6 is 34.8 Å². The summed E-state index contributed by atoms with van der Waals surface area (Å²) in [4.78, 5) is 26.3. The van der Waals surface area contributed by atoms with E-state index in [-0.39, 0.29) is 21.3 Å². The Balaban J connectivity index is 1.63. The molecule has 3 aromatic carbocycles. The molecule has 34 heavy (non-hydrogen) atoms. The molecule has 0 saturated heterocycles. The highest BCUT2D eigenvalue weighted by atomic mass is 35.5. The van der Waals surface area contributed by atoms with Gasteiger partial charge in [-0.15, -0.1) is 0 Å². The number of ketones is 1. The molecule has 0 fully saturated rings. The van der Waals surface area contributed by atoms with Crippen molar-refractivity contribution in [2.24, 2.45) is 5.10 Å². The second kappa shape index (κ2) is 10.3. The number of halogens is 3. The number of anilines is 2. The van der Waals surface area contributed by atoms with E-state index < -0.39 is 11.7 Å². The van der Waals surface area contributed by atoms with E-state index >= 15 is 0 Å². The Morgan fingerprint density at radius 1 is 0.971 bits per heavy atom. The fourth-order valence-electron chi connectivity index (χ4n) is 3.31. The van der Waals surface area contributed by atoms with Gasteiger partial charge in [0.1, 0.15) is 11.5 Å². The molecule has 0 aliphatic heterocycles. The van der Waals surface area contributed by atoms with Gasteiger partial charge in [-0.1, -0.05) is 59.1 Å². The van der Waals surface area contributed by atoms with Crippen molar-refractivity contribution in [3.63, 3.8) is 0 Å². The topological polar surface area (TPSA) is 79.8 Å². The number of rotatable bonds is 6. The first kappa shape index (κ1) is 23.8. The molecule has 0 saturated carbocycles. The number of fused-ring (bicyclic) bond motifs is 1. The van der Waals surface area contributed by atoms with Gasteiger partial charge in [-0.2, -0.15) is 5.10 Å². The first-order chi connectivity index (χ1) is 16.4. The van der Waals surface area contributed by atoms with Gasteiger partial charge in [0, 0.05) is 11.3 Å². The lowest BCUT2D eigenvalue weighted by molar-refractivity contribution is -0.116. The van der Waals surface area contributed by atoms with Crippen molar-refractivity contribution in [1.29, 1.82) is 0 Å². The molecule has 0 radical (unpaired) electrons. The number of carbonyl (C=O) groups is 2. The van der Waals surface area contributed by atoms with Gasteiger partial charge in [-0.05, 0) is 55.0 Å². The lowest BCUT2D eigenvalue weighted by Crippen LogP contribution is -2.30. The average molecular weight is 515 g/mol. The molecule has 0 aromatic heterocycles. The van der Waals surface area contributed by atoms with Crippen LogP contribution in [0.3, 0.4) is 0 Å². The summed E-state index contributed by atoms with van der Waals surface area (Å²) in [6.45, 7) is 2.42. The molecule has 0 unspecified atom stereocenters. The van der Waals surface area contributed by atoms with E-state index in [0.717, 1.165) is 0 Å². The van der Waals surface area contributed by atoms with E-state index in [1.807, 2.05) is 13.0 Å². The Morgan fingerprint density at radius 3 is 2.41 bits per heavy atom. The zero-order valence-corrected chi connectivity index (χ0v) is 20.1. The van der Waals surface area contributed by atoms with Crippen LogP contribution in [0.5, 0.6) is 5.75 Å². The molecule has 1 amide bonds. The normalized spacial score (nSPS) is 13.8. The van der Waals surface area contributed by atoms with Crippen LogP contribution < -0.4 is 15.5 Å². The first-order valence-corrected chi connectivity index (χ1v) is 11.4. The van der Waals surface area contributed by atoms with Gasteiger partial charge in [0.05, 0.1) is 32.9 Å². The van der Waals surface area contributed by atoms with Crippen molar-refractivity contribution in [2.45, 2.75) is 6.92 Å². The van der Waals surface area contributed by atoms with Crippen LogP contribution in [0.2, 0.25) is 15.1 Å². The summed E-state index contributed by atoms with van der Waals surface area (Å²) in [6.07, 6.45) is 1.55. The summed E-state index contributed by atoms with van der Waals surface area (Å²) in [5.74, 6) is -0.404. The first-order valence-electron chi connectivity index (χ1n) is 10.3. The van der Waals surface area contributed by atoms with Crippen LogP contribution in [0.4, 0.5) is 11.4 Å². The fraction of sp³-hybridized carbons (Fsp3) is 0.0800. The molecule has 1 aliphatic carbocycles. The number of nitrogens with zero attached hydrogens (tertiary/aromatic N) is 1. The van der Waals surface area contributed by atoms with Gasteiger partial charge in [0.25, 0.3) is 5.91 Å². The number of nitrogens with one attached hydrogen (secondary N) is 2. The molecule has 3 aromatic rings. The molecule has 2 N–H and O–H groups in total. The second-order valence-electron chi connectivity index (χ2n) is 7.20. The number of benzene rings is 3. The zero-order valence-electron chi connectivity index (χ0n) is 17.9. The van der Waals surface area contributed by atoms with Gasteiger partial charge in [-0.3, -0.25) is 15.0 Å². The molecule has 4 rings (SSSR count). The third kappa shape index (κ3) is 5.09. The summed E-state index contributed by atoms with van der Waals surface area (Å²) in [7, 11) is 0. The van der Waals surface area contributed by atoms with Gasteiger partial charge < -0.3 is 10.1 Å². The van der Waals surface area contributed by atoms with E-state index in [1.165, 1.54) is 12.1 Å². The van der Waals surface area contributed by atoms with Gasteiger partial charge >= 0.3 is 0 Å². The summed E-state index contributed by atoms with van der Waals surface area (Å²) >= 11 is 18.3. The number of amides is 1. The van der Waals surface area contributed by atoms with Crippen LogP contribution in [0.1, 0.15) is 18.1 Å². The third-order valence-electron chi connectivity index (χ3n) is 4.94. The average Bonchev–Trinajstić information content (AvgIpc) is 2.82. The standard InChI is InChI=1S/C25H18Cl3N3O3/c1-2-34-16-9-7-15(8-10-16)29-25(33)18-11-14-5-3-4-6-17(14)23(24(18)32)31-30-22-13-20(27)19(26)12-21(22)28/h3-13,30H,2H2,1H3,(H,29,33)/b31-23+. The number of hydrazone groups is 1. The maximum Gasteiger partial charge on any atom is 0.259 e. The van der Waals surface area contributed by atoms with Crippen molar-refractivity contribution in [3.05, 3.63) is 92.4 Å². The predicted octanol–water partition coefficient (Wildman–Crippen LogP) is 6.47. The number of ether oxygens (including phenoxy) is 1. The van der Waals surface area contributed by atoms with Crippen LogP contribution in [-0.4, -0.2) is 24.0 Å². The minimum Gasteiger partial charge on any atom is -0.494 e. The van der Waals surface area contributed by atoms with Crippen LogP contribution in [0, 0.1) is 0 Å². The smallest absolute Gasteiger partial charge is 0.259 e. The Hall–Kier alpha value is -3.32. The van der Waals surface area contributed by atoms with E-state index in [2.05, 4.69) is 15.8 Å². The van der Waals surface area contributed by atoms with E-state index in [1.54, 1.807) is 48.5 Å². The van der Waals surface area contributed by atoms with Crippen molar-refractivity contribution >= 4 is 69.7 Å². The molecule has 0 spiro atoms. The van der Waals surface area contributed by atoms with Crippen molar-refractivity contribution in [2.75, 3.05) is 17.3 Å². The van der Waals surface area contributed by atoms with E-state index in [9.17, 15) is 9.59 Å². The van der Waals surface area contributed by atoms with Crippen LogP contribution in [0.15, 0.2) is 71.3 Å². The SMILES string of the molecule is CCOc1ccc(NC(=O)C2=Cc3ccccc3/C(=N\Nc3cc(Cl)c(Cl)cc3Cl)C2=O)cc1. The van der Waals surface area contributed by atoms with Gasteiger partial charge in [-0.25, -0.2) is 0 Å². The number of Topliss-reactive ketones (excluding diaryl/α,β-unsaturated/α-hetero) is 1. The van der Waals surface area contributed by atoms with Crippen molar-refractivity contribution in [3.8, 4) is 5.75 Å². The summed E-state index contributed by atoms with van der Waals surface area (Å²) in [5.41, 5.74) is 4.94. The highest BCUT2D eigenvalue weighted by molar-refractivity contribution is 6.59. The Bertz CT molecular complexity index is 1330. The van der Waals surface area contributed by atoms with Crippen LogP contribution in [-0.2, 0) is 9.59 Å². The highest BCUT2D eigenvalue weighted by Crippen LogP contribution is 2.32. The highest BCUT2D eigenvalue weighted by Gasteiger charge is 2.30. The Morgan fingerprint density at radius 2 is 1.68 bits per heavy atom. The molecule has 0 heterocycles. The lowest BCUT2D eigenvalue weighted by Gasteiger charge is -2.18. The quantitative estimate of drug-likeness (QED) is 0.225. The third-order valence-corrected chi connectivity index (χ3v) is 5.98. The molecule has 1 aliphatic rings. The zero-order chi connectivity index (χ0) is 24.2. The van der Waals surface area contributed by atoms with Crippen molar-refractivity contribution in [1.82, 2.24) is 0 Å². The minimum atomic E-state index is -0.552. The maximum absolute atomic E-state index is 13.3. The predicted molar refractivity (Wildman–Crippen MR) is 137 cm³/mol. The number of hydrogen-bond acceptors (Lipinski definition) is 5. The summed E-state index contributed by atoms with van der Waals surface area (Å²) in [5, 5.41) is 7.87. The van der Waals surface area contributed by atoms with E-state index in [0.29, 0.717) is 39.9 Å². The summed E-state index contributed by atoms with van der Waals surface area (Å²) < 4.78 is 5.41.